The fraction of sp³-hybridized carbons (Fsp3) is 0.0455. The minimum absolute atomic E-state index is 0.0644. The molecule has 3 aromatic carbocycles. The van der Waals surface area contributed by atoms with Crippen LogP contribution in [0.1, 0.15) is 26.3 Å². The lowest BCUT2D eigenvalue weighted by atomic mass is 10.2. The van der Waals surface area contributed by atoms with Gasteiger partial charge in [-0.25, -0.2) is 14.6 Å². The van der Waals surface area contributed by atoms with Gasteiger partial charge in [-0.1, -0.05) is 18.2 Å². The van der Waals surface area contributed by atoms with Crippen LogP contribution >= 0.6 is 0 Å². The monoisotopic (exact) mass is 408 g/mol. The second kappa shape index (κ2) is 9.33. The van der Waals surface area contributed by atoms with Gasteiger partial charge in [0.25, 0.3) is 5.91 Å². The molecule has 3 aromatic rings. The smallest absolute Gasteiger partial charge is 0.343 e. The van der Waals surface area contributed by atoms with Crippen LogP contribution in [0.3, 0.4) is 0 Å². The first-order valence-electron chi connectivity index (χ1n) is 8.75. The second-order valence-electron chi connectivity index (χ2n) is 6.03. The molecule has 0 radical (unpaired) electrons. The summed E-state index contributed by atoms with van der Waals surface area (Å²) >= 11 is 0. The molecule has 0 aromatic heterocycles. The molecule has 8 heteroatoms. The molecule has 0 heterocycles. The fourth-order valence-electron chi connectivity index (χ4n) is 2.51. The van der Waals surface area contributed by atoms with Gasteiger partial charge in [-0.2, -0.15) is 5.10 Å². The molecule has 0 fully saturated rings. The van der Waals surface area contributed by atoms with Crippen molar-refractivity contribution in [3.8, 4) is 17.2 Å². The van der Waals surface area contributed by atoms with Crippen LogP contribution in [-0.2, 0) is 0 Å². The van der Waals surface area contributed by atoms with Gasteiger partial charge in [0, 0.05) is 0 Å². The third kappa shape index (κ3) is 4.99. The molecule has 30 heavy (non-hydrogen) atoms. The Bertz CT molecular complexity index is 1110. The minimum atomic E-state index is -0.732. The number of halogens is 1. The average molecular weight is 408 g/mol. The molecule has 0 aliphatic rings. The highest BCUT2D eigenvalue weighted by Gasteiger charge is 2.13. The maximum Gasteiger partial charge on any atom is 0.343 e. The van der Waals surface area contributed by atoms with Crippen molar-refractivity contribution in [3.05, 3.63) is 89.2 Å². The number of hydrogen-bond donors (Lipinski definition) is 2. The number of hydrazone groups is 1. The molecule has 3 rings (SSSR count). The number of rotatable bonds is 6. The Morgan fingerprint density at radius 3 is 2.57 bits per heavy atom. The molecule has 0 saturated heterocycles. The predicted molar refractivity (Wildman–Crippen MR) is 108 cm³/mol. The van der Waals surface area contributed by atoms with E-state index < -0.39 is 17.7 Å². The Morgan fingerprint density at radius 1 is 1.03 bits per heavy atom. The van der Waals surface area contributed by atoms with Crippen LogP contribution in [0.2, 0.25) is 0 Å². The summed E-state index contributed by atoms with van der Waals surface area (Å²) in [6, 6.07) is 15.8. The van der Waals surface area contributed by atoms with E-state index in [4.69, 9.17) is 9.47 Å². The zero-order valence-corrected chi connectivity index (χ0v) is 15.8. The van der Waals surface area contributed by atoms with Crippen LogP contribution in [0.5, 0.6) is 17.2 Å². The Hall–Kier alpha value is -4.20. The van der Waals surface area contributed by atoms with Crippen molar-refractivity contribution < 1.29 is 28.6 Å². The highest BCUT2D eigenvalue weighted by molar-refractivity contribution is 5.97. The average Bonchev–Trinajstić information content (AvgIpc) is 2.74. The molecule has 0 aliphatic heterocycles. The number of phenolic OH excluding ortho intramolecular Hbond substituents is 1. The van der Waals surface area contributed by atoms with E-state index in [1.807, 2.05) is 0 Å². The van der Waals surface area contributed by atoms with E-state index in [2.05, 4.69) is 10.5 Å². The molecule has 152 valence electrons. The lowest BCUT2D eigenvalue weighted by molar-refractivity contribution is 0.0729. The number of carbonyl (C=O) groups is 2. The maximum atomic E-state index is 13.3. The van der Waals surface area contributed by atoms with Gasteiger partial charge >= 0.3 is 5.97 Å². The molecule has 0 atom stereocenters. The SMILES string of the molecule is COc1cc(/C=N/NC(=O)c2ccccc2O)ccc1OC(=O)c1cccc(F)c1. The molecular weight excluding hydrogens is 391 g/mol. The first-order valence-corrected chi connectivity index (χ1v) is 8.75. The van der Waals surface area contributed by atoms with Crippen molar-refractivity contribution in [3.63, 3.8) is 0 Å². The topological polar surface area (TPSA) is 97.2 Å². The lowest BCUT2D eigenvalue weighted by Gasteiger charge is -2.10. The van der Waals surface area contributed by atoms with Crippen LogP contribution in [0.15, 0.2) is 71.8 Å². The second-order valence-corrected chi connectivity index (χ2v) is 6.03. The van der Waals surface area contributed by atoms with Crippen LogP contribution in [0.25, 0.3) is 0 Å². The molecule has 7 nitrogen and oxygen atoms in total. The van der Waals surface area contributed by atoms with Gasteiger partial charge in [0.05, 0.1) is 24.5 Å². The number of nitrogens with zero attached hydrogens (tertiary/aromatic N) is 1. The van der Waals surface area contributed by atoms with Crippen LogP contribution < -0.4 is 14.9 Å². The van der Waals surface area contributed by atoms with Crippen molar-refractivity contribution in [1.82, 2.24) is 5.43 Å². The summed E-state index contributed by atoms with van der Waals surface area (Å²) in [7, 11) is 1.40. The van der Waals surface area contributed by atoms with E-state index in [-0.39, 0.29) is 28.4 Å². The van der Waals surface area contributed by atoms with Gasteiger partial charge in [0.2, 0.25) is 0 Å². The number of hydrogen-bond acceptors (Lipinski definition) is 6. The molecule has 0 spiro atoms. The summed E-state index contributed by atoms with van der Waals surface area (Å²) in [5.41, 5.74) is 3.01. The number of phenols is 1. The van der Waals surface area contributed by atoms with E-state index in [1.54, 1.807) is 24.3 Å². The molecule has 0 unspecified atom stereocenters. The predicted octanol–water partition coefficient (Wildman–Crippen LogP) is 3.52. The molecule has 0 saturated carbocycles. The summed E-state index contributed by atoms with van der Waals surface area (Å²) in [6.07, 6.45) is 1.36. The number of aromatic hydroxyl groups is 1. The quantitative estimate of drug-likeness (QED) is 0.282. The number of benzene rings is 3. The van der Waals surface area contributed by atoms with Gasteiger partial charge in [-0.15, -0.1) is 0 Å². The normalized spacial score (nSPS) is 10.6. The maximum absolute atomic E-state index is 13.3. The van der Waals surface area contributed by atoms with Crippen LogP contribution in [0, 0.1) is 5.82 Å². The van der Waals surface area contributed by atoms with E-state index in [9.17, 15) is 19.1 Å². The molecule has 1 amide bonds. The minimum Gasteiger partial charge on any atom is -0.507 e. The molecule has 0 aliphatic carbocycles. The van der Waals surface area contributed by atoms with Crippen molar-refractivity contribution in [2.75, 3.05) is 7.11 Å². The van der Waals surface area contributed by atoms with Crippen molar-refractivity contribution >= 4 is 18.1 Å². The number of carbonyl (C=O) groups excluding carboxylic acids is 2. The number of esters is 1. The number of methoxy groups -OCH3 is 1. The van der Waals surface area contributed by atoms with Crippen LogP contribution in [-0.4, -0.2) is 30.3 Å². The number of para-hydroxylation sites is 1. The Morgan fingerprint density at radius 2 is 1.83 bits per heavy atom. The Balaban J connectivity index is 1.69. The zero-order valence-electron chi connectivity index (χ0n) is 15.8. The lowest BCUT2D eigenvalue weighted by Crippen LogP contribution is -2.17. The van der Waals surface area contributed by atoms with E-state index in [0.717, 1.165) is 6.07 Å². The third-order valence-electron chi connectivity index (χ3n) is 3.98. The Labute approximate surface area is 171 Å². The van der Waals surface area contributed by atoms with Gasteiger partial charge in [-0.3, -0.25) is 4.79 Å². The van der Waals surface area contributed by atoms with Crippen molar-refractivity contribution in [2.45, 2.75) is 0 Å². The summed E-state index contributed by atoms with van der Waals surface area (Å²) < 4.78 is 23.8. The highest BCUT2D eigenvalue weighted by Crippen LogP contribution is 2.28. The van der Waals surface area contributed by atoms with Crippen molar-refractivity contribution in [2.24, 2.45) is 5.10 Å². The number of nitrogens with one attached hydrogen (secondary N) is 1. The summed E-state index contributed by atoms with van der Waals surface area (Å²) in [6.45, 7) is 0. The highest BCUT2D eigenvalue weighted by atomic mass is 19.1. The molecular formula is C22H17FN2O5. The van der Waals surface area contributed by atoms with Gasteiger partial charge < -0.3 is 14.6 Å². The van der Waals surface area contributed by atoms with Gasteiger partial charge in [0.1, 0.15) is 11.6 Å². The van der Waals surface area contributed by atoms with E-state index >= 15 is 0 Å². The van der Waals surface area contributed by atoms with E-state index in [0.29, 0.717) is 5.56 Å². The fourth-order valence-corrected chi connectivity index (χ4v) is 2.51. The standard InChI is InChI=1S/C22H17FN2O5/c1-29-20-11-14(13-24-25-21(27)17-7-2-3-8-18(17)26)9-10-19(20)30-22(28)15-5-4-6-16(23)12-15/h2-13,26H,1H3,(H,25,27)/b24-13+. The first-order chi connectivity index (χ1) is 14.5. The number of ether oxygens (including phenoxy) is 2. The van der Waals surface area contributed by atoms with Crippen LogP contribution in [0.4, 0.5) is 4.39 Å². The third-order valence-corrected chi connectivity index (χ3v) is 3.98. The zero-order chi connectivity index (χ0) is 21.5. The number of amides is 1. The largest absolute Gasteiger partial charge is 0.507 e. The summed E-state index contributed by atoms with van der Waals surface area (Å²) in [5.74, 6) is -1.62. The van der Waals surface area contributed by atoms with E-state index in [1.165, 1.54) is 49.7 Å². The molecule has 2 N–H and O–H groups in total. The molecule has 0 bridgehead atoms. The summed E-state index contributed by atoms with van der Waals surface area (Å²) in [4.78, 5) is 24.2. The first kappa shape index (κ1) is 20.5. The van der Waals surface area contributed by atoms with Gasteiger partial charge in [0.15, 0.2) is 11.5 Å². The Kier molecular flexibility index (Phi) is 6.39. The van der Waals surface area contributed by atoms with Gasteiger partial charge in [-0.05, 0) is 54.1 Å². The summed E-state index contributed by atoms with van der Waals surface area (Å²) in [5, 5.41) is 13.5. The van der Waals surface area contributed by atoms with Crippen molar-refractivity contribution in [1.29, 1.82) is 0 Å².